The van der Waals surface area contributed by atoms with Crippen LogP contribution in [-0.4, -0.2) is 50.8 Å². The summed E-state index contributed by atoms with van der Waals surface area (Å²) in [5.41, 5.74) is 0.468. The molecular formula is C12H24N2O. The molecule has 2 fully saturated rings. The molecule has 15 heavy (non-hydrogen) atoms. The monoisotopic (exact) mass is 212 g/mol. The number of piperidine rings is 1. The SMILES string of the molecule is CN(CC1(C)CCCNC1)C1CCOC1. The largest absolute Gasteiger partial charge is 0.380 e. The van der Waals surface area contributed by atoms with Crippen LogP contribution in [0.3, 0.4) is 0 Å². The molecule has 3 nitrogen and oxygen atoms in total. The first-order valence-corrected chi connectivity index (χ1v) is 6.18. The van der Waals surface area contributed by atoms with E-state index in [-0.39, 0.29) is 0 Å². The Morgan fingerprint density at radius 1 is 1.53 bits per heavy atom. The second kappa shape index (κ2) is 4.81. The van der Waals surface area contributed by atoms with Crippen LogP contribution in [-0.2, 0) is 4.74 Å². The van der Waals surface area contributed by atoms with E-state index in [1.165, 1.54) is 38.9 Å². The highest BCUT2D eigenvalue weighted by atomic mass is 16.5. The smallest absolute Gasteiger partial charge is 0.0622 e. The predicted octanol–water partition coefficient (Wildman–Crippen LogP) is 1.10. The van der Waals surface area contributed by atoms with Crippen molar-refractivity contribution in [3.05, 3.63) is 0 Å². The van der Waals surface area contributed by atoms with Crippen LogP contribution < -0.4 is 5.32 Å². The van der Waals surface area contributed by atoms with Crippen LogP contribution in [0.1, 0.15) is 26.2 Å². The van der Waals surface area contributed by atoms with Gasteiger partial charge in [-0.3, -0.25) is 0 Å². The lowest BCUT2D eigenvalue weighted by molar-refractivity contribution is 0.106. The van der Waals surface area contributed by atoms with E-state index >= 15 is 0 Å². The Kier molecular flexibility index (Phi) is 3.65. The van der Waals surface area contributed by atoms with Gasteiger partial charge in [0.15, 0.2) is 0 Å². The maximum absolute atomic E-state index is 5.44. The summed E-state index contributed by atoms with van der Waals surface area (Å²) in [5, 5.41) is 3.51. The number of ether oxygens (including phenoxy) is 1. The number of hydrogen-bond acceptors (Lipinski definition) is 3. The Morgan fingerprint density at radius 2 is 2.40 bits per heavy atom. The summed E-state index contributed by atoms with van der Waals surface area (Å²) in [6.07, 6.45) is 3.89. The molecule has 2 heterocycles. The van der Waals surface area contributed by atoms with Gasteiger partial charge in [0.05, 0.1) is 6.61 Å². The third-order valence-corrected chi connectivity index (χ3v) is 3.85. The molecule has 0 saturated carbocycles. The normalized spacial score (nSPS) is 37.4. The summed E-state index contributed by atoms with van der Waals surface area (Å²) in [5.74, 6) is 0. The van der Waals surface area contributed by atoms with Gasteiger partial charge < -0.3 is 15.0 Å². The molecule has 0 bridgehead atoms. The molecule has 0 aliphatic carbocycles. The van der Waals surface area contributed by atoms with Crippen LogP contribution in [0.15, 0.2) is 0 Å². The van der Waals surface area contributed by atoms with Gasteiger partial charge >= 0.3 is 0 Å². The van der Waals surface area contributed by atoms with Crippen molar-refractivity contribution in [2.45, 2.75) is 32.2 Å². The van der Waals surface area contributed by atoms with Crippen LogP contribution in [0, 0.1) is 5.41 Å². The Hall–Kier alpha value is -0.120. The van der Waals surface area contributed by atoms with E-state index in [1.54, 1.807) is 0 Å². The fourth-order valence-electron chi connectivity index (χ4n) is 2.85. The number of rotatable bonds is 3. The molecule has 0 radical (unpaired) electrons. The first-order valence-electron chi connectivity index (χ1n) is 6.18. The molecule has 0 aromatic carbocycles. The molecule has 3 heteroatoms. The summed E-state index contributed by atoms with van der Waals surface area (Å²) in [6, 6.07) is 0.656. The van der Waals surface area contributed by atoms with Crippen molar-refractivity contribution in [1.29, 1.82) is 0 Å². The van der Waals surface area contributed by atoms with Gasteiger partial charge in [-0.2, -0.15) is 0 Å². The summed E-state index contributed by atoms with van der Waals surface area (Å²) in [6.45, 7) is 7.86. The van der Waals surface area contributed by atoms with E-state index in [0.717, 1.165) is 13.2 Å². The van der Waals surface area contributed by atoms with Crippen LogP contribution >= 0.6 is 0 Å². The third-order valence-electron chi connectivity index (χ3n) is 3.85. The van der Waals surface area contributed by atoms with Crippen LogP contribution in [0.5, 0.6) is 0 Å². The van der Waals surface area contributed by atoms with Gasteiger partial charge in [-0.1, -0.05) is 6.92 Å². The second-order valence-electron chi connectivity index (χ2n) is 5.52. The van der Waals surface area contributed by atoms with E-state index in [9.17, 15) is 0 Å². The zero-order chi connectivity index (χ0) is 10.7. The standard InChI is InChI=1S/C12H24N2O/c1-12(5-3-6-13-9-12)10-14(2)11-4-7-15-8-11/h11,13H,3-10H2,1-2H3. The van der Waals surface area contributed by atoms with Gasteiger partial charge in [0, 0.05) is 25.7 Å². The van der Waals surface area contributed by atoms with Gasteiger partial charge in [0.2, 0.25) is 0 Å². The van der Waals surface area contributed by atoms with Gasteiger partial charge in [0.1, 0.15) is 0 Å². The molecule has 2 saturated heterocycles. The second-order valence-corrected chi connectivity index (χ2v) is 5.52. The molecule has 2 aliphatic rings. The minimum absolute atomic E-state index is 0.468. The highest BCUT2D eigenvalue weighted by molar-refractivity contribution is 4.86. The van der Waals surface area contributed by atoms with Crippen molar-refractivity contribution in [1.82, 2.24) is 10.2 Å². The minimum atomic E-state index is 0.468. The Balaban J connectivity index is 1.83. The molecule has 88 valence electrons. The highest BCUT2D eigenvalue weighted by Crippen LogP contribution is 2.27. The molecule has 0 aromatic heterocycles. The van der Waals surface area contributed by atoms with Crippen molar-refractivity contribution in [2.24, 2.45) is 5.41 Å². The van der Waals surface area contributed by atoms with E-state index in [2.05, 4.69) is 24.2 Å². The molecule has 0 aromatic rings. The molecule has 2 rings (SSSR count). The van der Waals surface area contributed by atoms with Crippen LogP contribution in [0.25, 0.3) is 0 Å². The minimum Gasteiger partial charge on any atom is -0.380 e. The summed E-state index contributed by atoms with van der Waals surface area (Å²) in [4.78, 5) is 2.50. The van der Waals surface area contributed by atoms with E-state index in [0.29, 0.717) is 11.5 Å². The molecular weight excluding hydrogens is 188 g/mol. The number of likely N-dealkylation sites (N-methyl/N-ethyl adjacent to an activating group) is 1. The van der Waals surface area contributed by atoms with Crippen molar-refractivity contribution in [3.63, 3.8) is 0 Å². The summed E-state index contributed by atoms with van der Waals surface area (Å²) in [7, 11) is 2.25. The quantitative estimate of drug-likeness (QED) is 0.758. The zero-order valence-electron chi connectivity index (χ0n) is 10.1. The average Bonchev–Trinajstić information content (AvgIpc) is 2.70. The highest BCUT2D eigenvalue weighted by Gasteiger charge is 2.31. The Bertz CT molecular complexity index is 196. The molecule has 2 aliphatic heterocycles. The Morgan fingerprint density at radius 3 is 3.00 bits per heavy atom. The topological polar surface area (TPSA) is 24.5 Å². The first-order chi connectivity index (χ1) is 7.20. The van der Waals surface area contributed by atoms with Crippen molar-refractivity contribution in [2.75, 3.05) is 39.9 Å². The maximum Gasteiger partial charge on any atom is 0.0622 e. The number of hydrogen-bond donors (Lipinski definition) is 1. The molecule has 1 N–H and O–H groups in total. The van der Waals surface area contributed by atoms with Gasteiger partial charge in [-0.05, 0) is 38.3 Å². The number of nitrogens with one attached hydrogen (secondary N) is 1. The molecule has 0 amide bonds. The number of nitrogens with zero attached hydrogens (tertiary/aromatic N) is 1. The summed E-state index contributed by atoms with van der Waals surface area (Å²) < 4.78 is 5.44. The van der Waals surface area contributed by atoms with Crippen LogP contribution in [0.2, 0.25) is 0 Å². The lowest BCUT2D eigenvalue weighted by atomic mass is 9.82. The fraction of sp³-hybridized carbons (Fsp3) is 1.00. The first kappa shape index (κ1) is 11.4. The third kappa shape index (κ3) is 2.92. The fourth-order valence-corrected chi connectivity index (χ4v) is 2.85. The van der Waals surface area contributed by atoms with E-state index in [4.69, 9.17) is 4.74 Å². The van der Waals surface area contributed by atoms with E-state index < -0.39 is 0 Å². The molecule has 2 atom stereocenters. The molecule has 0 spiro atoms. The van der Waals surface area contributed by atoms with Gasteiger partial charge in [0.25, 0.3) is 0 Å². The van der Waals surface area contributed by atoms with Crippen molar-refractivity contribution < 1.29 is 4.74 Å². The van der Waals surface area contributed by atoms with Gasteiger partial charge in [-0.25, -0.2) is 0 Å². The van der Waals surface area contributed by atoms with Crippen LogP contribution in [0.4, 0.5) is 0 Å². The molecule has 2 unspecified atom stereocenters. The lowest BCUT2D eigenvalue weighted by Crippen LogP contribution is -2.47. The zero-order valence-corrected chi connectivity index (χ0v) is 10.1. The predicted molar refractivity (Wildman–Crippen MR) is 62.1 cm³/mol. The van der Waals surface area contributed by atoms with E-state index in [1.807, 2.05) is 0 Å². The maximum atomic E-state index is 5.44. The van der Waals surface area contributed by atoms with Crippen molar-refractivity contribution >= 4 is 0 Å². The average molecular weight is 212 g/mol. The van der Waals surface area contributed by atoms with Gasteiger partial charge in [-0.15, -0.1) is 0 Å². The summed E-state index contributed by atoms with van der Waals surface area (Å²) >= 11 is 0. The Labute approximate surface area is 93.2 Å². The lowest BCUT2D eigenvalue weighted by Gasteiger charge is -2.39. The van der Waals surface area contributed by atoms with Crippen molar-refractivity contribution in [3.8, 4) is 0 Å².